The van der Waals surface area contributed by atoms with Gasteiger partial charge in [0.2, 0.25) is 0 Å². The van der Waals surface area contributed by atoms with E-state index in [1.54, 1.807) is 0 Å². The molecule has 0 radical (unpaired) electrons. The molecule has 1 heterocycles. The van der Waals surface area contributed by atoms with E-state index in [1.807, 2.05) is 12.1 Å². The fraction of sp³-hybridized carbons (Fsp3) is 0.650. The Labute approximate surface area is 151 Å². The topological polar surface area (TPSA) is 32.3 Å². The van der Waals surface area contributed by atoms with Crippen LogP contribution < -0.4 is 8.90 Å². The first-order chi connectivity index (χ1) is 11.4. The number of likely N-dealkylation sites (tertiary alicyclic amines) is 1. The van der Waals surface area contributed by atoms with E-state index in [4.69, 9.17) is 0 Å². The molecule has 0 spiro atoms. The first-order valence-electron chi connectivity index (χ1n) is 9.56. The molecular weight excluding hydrogens is 403 g/mol. The van der Waals surface area contributed by atoms with Crippen LogP contribution in [-0.2, 0) is 0 Å². The van der Waals surface area contributed by atoms with Gasteiger partial charge >= 0.3 is 126 Å². The summed E-state index contributed by atoms with van der Waals surface area (Å²) in [4.78, 5) is 22.1. The molecule has 2 atom stereocenters. The van der Waals surface area contributed by atoms with E-state index in [0.717, 1.165) is 30.5 Å². The molecule has 2 fully saturated rings. The molecule has 1 saturated carbocycles. The average Bonchev–Trinajstić information content (AvgIpc) is 3.16. The van der Waals surface area contributed by atoms with Crippen LogP contribution in [0.3, 0.4) is 0 Å². The number of hydrogen-bond donors (Lipinski definition) is 1. The SMILES string of the molecule is [CH3][Sn]([CH3])([CH3])[c]1ccc(C(=O)NCCCCN2CC3CCC2C3)cc1. The molecule has 4 heteroatoms. The number of fused-ring (bicyclic) bond motifs is 2. The standard InChI is InChI=1S/C17H23N2O.3CH3.Sn/c20-17(15-6-2-1-3-7-15)18-10-4-5-11-19-13-14-8-9-16(19)12-14;;;;/h2-3,6-7,14,16H,4-5,8-13H2,(H,18,20);3*1H3;. The molecule has 132 valence electrons. The summed E-state index contributed by atoms with van der Waals surface area (Å²) < 4.78 is 1.47. The Bertz CT molecular complexity index is 564. The summed E-state index contributed by atoms with van der Waals surface area (Å²) >= 11 is -2.01. The van der Waals surface area contributed by atoms with Gasteiger partial charge in [-0.05, 0) is 25.2 Å². The Morgan fingerprint density at radius 2 is 1.92 bits per heavy atom. The predicted molar refractivity (Wildman–Crippen MR) is 104 cm³/mol. The molecule has 3 nitrogen and oxygen atoms in total. The molecule has 1 saturated heterocycles. The second-order valence-corrected chi connectivity index (χ2v) is 23.1. The van der Waals surface area contributed by atoms with Gasteiger partial charge < -0.3 is 0 Å². The maximum atomic E-state index is 12.2. The van der Waals surface area contributed by atoms with E-state index < -0.39 is 18.4 Å². The molecule has 1 aromatic rings. The van der Waals surface area contributed by atoms with Gasteiger partial charge in [0.25, 0.3) is 0 Å². The van der Waals surface area contributed by atoms with Crippen LogP contribution in [0.15, 0.2) is 24.3 Å². The van der Waals surface area contributed by atoms with Crippen molar-refractivity contribution in [3.8, 4) is 0 Å². The first kappa shape index (κ1) is 18.2. The van der Waals surface area contributed by atoms with Gasteiger partial charge in [-0.25, -0.2) is 0 Å². The molecule has 1 N–H and O–H groups in total. The second-order valence-electron chi connectivity index (χ2n) is 8.62. The van der Waals surface area contributed by atoms with E-state index >= 15 is 0 Å². The maximum absolute atomic E-state index is 12.2. The average molecular weight is 435 g/mol. The Hall–Kier alpha value is -0.551. The van der Waals surface area contributed by atoms with Crippen molar-refractivity contribution in [2.45, 2.75) is 53.0 Å². The van der Waals surface area contributed by atoms with Crippen LogP contribution in [0.5, 0.6) is 0 Å². The molecule has 2 bridgehead atoms. The summed E-state index contributed by atoms with van der Waals surface area (Å²) in [6.07, 6.45) is 6.58. The van der Waals surface area contributed by atoms with Crippen molar-refractivity contribution in [2.24, 2.45) is 5.92 Å². The van der Waals surface area contributed by atoms with Crippen LogP contribution >= 0.6 is 0 Å². The van der Waals surface area contributed by atoms with Gasteiger partial charge in [-0.3, -0.25) is 0 Å². The number of amides is 1. The number of carbonyl (C=O) groups excluding carboxylic acids is 1. The fourth-order valence-corrected chi connectivity index (χ4v) is 7.50. The molecule has 1 aliphatic carbocycles. The third-order valence-electron chi connectivity index (χ3n) is 5.69. The molecule has 3 rings (SSSR count). The van der Waals surface area contributed by atoms with Crippen molar-refractivity contribution in [1.29, 1.82) is 0 Å². The zero-order valence-electron chi connectivity index (χ0n) is 15.5. The molecule has 1 amide bonds. The quantitative estimate of drug-likeness (QED) is 0.527. The van der Waals surface area contributed by atoms with E-state index in [1.165, 1.54) is 42.4 Å². The predicted octanol–water partition coefficient (Wildman–Crippen LogP) is 3.23. The summed E-state index contributed by atoms with van der Waals surface area (Å²) in [5.41, 5.74) is 0.797. The number of benzene rings is 1. The zero-order valence-corrected chi connectivity index (χ0v) is 18.3. The van der Waals surface area contributed by atoms with Crippen LogP contribution in [0, 0.1) is 5.92 Å². The molecule has 1 aliphatic heterocycles. The minimum absolute atomic E-state index is 0.0749. The van der Waals surface area contributed by atoms with Crippen LogP contribution in [0.4, 0.5) is 0 Å². The van der Waals surface area contributed by atoms with E-state index in [2.05, 4.69) is 37.2 Å². The normalized spacial score (nSPS) is 23.6. The van der Waals surface area contributed by atoms with Gasteiger partial charge in [-0.15, -0.1) is 0 Å². The minimum atomic E-state index is -2.01. The van der Waals surface area contributed by atoms with Crippen LogP contribution in [0.1, 0.15) is 42.5 Å². The molecule has 24 heavy (non-hydrogen) atoms. The van der Waals surface area contributed by atoms with Gasteiger partial charge in [0.15, 0.2) is 0 Å². The van der Waals surface area contributed by atoms with Gasteiger partial charge in [0.05, 0.1) is 0 Å². The summed E-state index contributed by atoms with van der Waals surface area (Å²) in [7, 11) is 0. The second kappa shape index (κ2) is 7.77. The van der Waals surface area contributed by atoms with Gasteiger partial charge in [0.1, 0.15) is 0 Å². The van der Waals surface area contributed by atoms with Crippen molar-refractivity contribution >= 4 is 27.9 Å². The summed E-state index contributed by atoms with van der Waals surface area (Å²) in [5.74, 6) is 1.06. The van der Waals surface area contributed by atoms with Crippen molar-refractivity contribution in [1.82, 2.24) is 10.2 Å². The van der Waals surface area contributed by atoms with Crippen LogP contribution in [0.2, 0.25) is 14.8 Å². The fourth-order valence-electron chi connectivity index (χ4n) is 4.17. The number of piperidine rings is 1. The van der Waals surface area contributed by atoms with Crippen LogP contribution in [0.25, 0.3) is 0 Å². The number of unbranched alkanes of at least 4 members (excludes halogenated alkanes) is 1. The van der Waals surface area contributed by atoms with Crippen molar-refractivity contribution < 1.29 is 4.79 Å². The molecule has 2 unspecified atom stereocenters. The number of nitrogens with one attached hydrogen (secondary N) is 1. The molecule has 1 aromatic carbocycles. The van der Waals surface area contributed by atoms with Crippen molar-refractivity contribution in [3.05, 3.63) is 29.8 Å². The third kappa shape index (κ3) is 4.54. The Morgan fingerprint density at radius 1 is 1.17 bits per heavy atom. The summed E-state index contributed by atoms with van der Waals surface area (Å²) in [5, 5.41) is 3.08. The third-order valence-corrected chi connectivity index (χ3v) is 11.6. The zero-order chi connectivity index (χ0) is 17.2. The Kier molecular flexibility index (Phi) is 5.91. The van der Waals surface area contributed by atoms with Gasteiger partial charge in [-0.1, -0.05) is 0 Å². The summed E-state index contributed by atoms with van der Waals surface area (Å²) in [6, 6.07) is 9.18. The van der Waals surface area contributed by atoms with Crippen LogP contribution in [-0.4, -0.2) is 54.9 Å². The number of nitrogens with zero attached hydrogens (tertiary/aromatic N) is 1. The van der Waals surface area contributed by atoms with E-state index in [-0.39, 0.29) is 5.91 Å². The van der Waals surface area contributed by atoms with E-state index in [9.17, 15) is 4.79 Å². The van der Waals surface area contributed by atoms with E-state index in [0.29, 0.717) is 0 Å². The Morgan fingerprint density at radius 3 is 2.50 bits per heavy atom. The number of rotatable bonds is 7. The Balaban J connectivity index is 1.35. The number of carbonyl (C=O) groups is 1. The monoisotopic (exact) mass is 436 g/mol. The van der Waals surface area contributed by atoms with Crippen molar-refractivity contribution in [3.63, 3.8) is 0 Å². The molecule has 0 aromatic heterocycles. The first-order valence-corrected chi connectivity index (χ1v) is 19.6. The number of hydrogen-bond acceptors (Lipinski definition) is 2. The van der Waals surface area contributed by atoms with Gasteiger partial charge in [0, 0.05) is 0 Å². The van der Waals surface area contributed by atoms with Gasteiger partial charge in [-0.2, -0.15) is 0 Å². The molecule has 2 aliphatic rings. The van der Waals surface area contributed by atoms with Crippen molar-refractivity contribution in [2.75, 3.05) is 19.6 Å². The molecular formula is C20H32N2OSn. The summed E-state index contributed by atoms with van der Waals surface area (Å²) in [6.45, 7) is 3.33.